The van der Waals surface area contributed by atoms with Gasteiger partial charge in [0.15, 0.2) is 0 Å². The van der Waals surface area contributed by atoms with E-state index in [2.05, 4.69) is 21.2 Å². The quantitative estimate of drug-likeness (QED) is 0.314. The number of carbonyl (C=O) groups excluding carboxylic acids is 1. The molecule has 0 aliphatic rings. The summed E-state index contributed by atoms with van der Waals surface area (Å²) in [7, 11) is -4.14. The third kappa shape index (κ3) is 6.50. The number of benzene rings is 3. The molecule has 9 heteroatoms. The molecule has 0 radical (unpaired) electrons. The van der Waals surface area contributed by atoms with E-state index < -0.39 is 34.8 Å². The van der Waals surface area contributed by atoms with Crippen LogP contribution in [0.5, 0.6) is 0 Å². The molecule has 0 saturated carbocycles. The van der Waals surface area contributed by atoms with Gasteiger partial charge in [0.1, 0.15) is 5.82 Å². The Kier molecular flexibility index (Phi) is 9.10. The molecule has 1 N–H and O–H groups in total. The van der Waals surface area contributed by atoms with Crippen molar-refractivity contribution in [3.05, 3.63) is 92.2 Å². The van der Waals surface area contributed by atoms with Crippen molar-refractivity contribution in [3.63, 3.8) is 0 Å². The third-order valence-electron chi connectivity index (χ3n) is 5.67. The Hall–Kier alpha value is -2.26. The predicted octanol–water partition coefficient (Wildman–Crippen LogP) is 6.50. The number of anilines is 1. The van der Waals surface area contributed by atoms with Crippen LogP contribution in [0, 0.1) is 12.7 Å². The van der Waals surface area contributed by atoms with E-state index in [-0.39, 0.29) is 15.5 Å². The van der Waals surface area contributed by atoms with E-state index >= 15 is 0 Å². The SMILES string of the molecule is CCc1cc(Br)cc(CC)c1NC(=O)CN(Cc1c(F)cccc1Cl)S(=O)(=O)c1ccc(C)cc1. The molecule has 1 amide bonds. The van der Waals surface area contributed by atoms with Crippen LogP contribution in [0.3, 0.4) is 0 Å². The molecule has 0 fully saturated rings. The summed E-state index contributed by atoms with van der Waals surface area (Å²) in [6.45, 7) is 4.89. The van der Waals surface area contributed by atoms with Gasteiger partial charge in [-0.25, -0.2) is 12.8 Å². The van der Waals surface area contributed by atoms with E-state index in [0.29, 0.717) is 18.5 Å². The molecule has 3 rings (SSSR count). The van der Waals surface area contributed by atoms with Crippen LogP contribution in [-0.2, 0) is 34.2 Å². The van der Waals surface area contributed by atoms with Crippen molar-refractivity contribution in [2.75, 3.05) is 11.9 Å². The molecule has 0 aliphatic carbocycles. The number of carbonyl (C=O) groups is 1. The zero-order valence-electron chi connectivity index (χ0n) is 19.7. The Morgan fingerprint density at radius 1 is 1.06 bits per heavy atom. The molecule has 0 heterocycles. The first-order valence-electron chi connectivity index (χ1n) is 11.2. The molecule has 35 heavy (non-hydrogen) atoms. The lowest BCUT2D eigenvalue weighted by atomic mass is 10.0. The molecule has 186 valence electrons. The third-order valence-corrected chi connectivity index (χ3v) is 8.29. The fourth-order valence-electron chi connectivity index (χ4n) is 3.73. The zero-order valence-corrected chi connectivity index (χ0v) is 22.9. The lowest BCUT2D eigenvalue weighted by Crippen LogP contribution is -2.38. The topological polar surface area (TPSA) is 66.5 Å². The second-order valence-electron chi connectivity index (χ2n) is 8.14. The highest BCUT2D eigenvalue weighted by molar-refractivity contribution is 9.10. The van der Waals surface area contributed by atoms with Crippen molar-refractivity contribution >= 4 is 49.1 Å². The van der Waals surface area contributed by atoms with Gasteiger partial charge in [-0.1, -0.05) is 65.1 Å². The highest BCUT2D eigenvalue weighted by Gasteiger charge is 2.29. The van der Waals surface area contributed by atoms with E-state index in [9.17, 15) is 17.6 Å². The number of sulfonamides is 1. The largest absolute Gasteiger partial charge is 0.324 e. The van der Waals surface area contributed by atoms with Crippen molar-refractivity contribution in [2.45, 2.75) is 45.1 Å². The first-order chi connectivity index (χ1) is 16.6. The van der Waals surface area contributed by atoms with Crippen LogP contribution in [0.4, 0.5) is 10.1 Å². The highest BCUT2D eigenvalue weighted by atomic mass is 79.9. The van der Waals surface area contributed by atoms with Gasteiger partial charge in [-0.05, 0) is 67.3 Å². The number of rotatable bonds is 9. The van der Waals surface area contributed by atoms with Crippen LogP contribution in [0.1, 0.15) is 36.1 Å². The highest BCUT2D eigenvalue weighted by Crippen LogP contribution is 2.29. The van der Waals surface area contributed by atoms with Crippen molar-refractivity contribution in [1.82, 2.24) is 4.31 Å². The van der Waals surface area contributed by atoms with Crippen LogP contribution in [-0.4, -0.2) is 25.2 Å². The molecule has 0 bridgehead atoms. The summed E-state index contributed by atoms with van der Waals surface area (Å²) in [6, 6.07) is 14.3. The van der Waals surface area contributed by atoms with Crippen LogP contribution < -0.4 is 5.32 Å². The maximum Gasteiger partial charge on any atom is 0.243 e. The predicted molar refractivity (Wildman–Crippen MR) is 142 cm³/mol. The van der Waals surface area contributed by atoms with Gasteiger partial charge in [-0.2, -0.15) is 4.31 Å². The molecular formula is C26H27BrClFN2O3S. The number of nitrogens with zero attached hydrogens (tertiary/aromatic N) is 1. The van der Waals surface area contributed by atoms with E-state index in [1.807, 2.05) is 32.9 Å². The average molecular weight is 582 g/mol. The summed E-state index contributed by atoms with van der Waals surface area (Å²) >= 11 is 9.68. The van der Waals surface area contributed by atoms with Crippen molar-refractivity contribution in [1.29, 1.82) is 0 Å². The van der Waals surface area contributed by atoms with Gasteiger partial charge in [-0.15, -0.1) is 0 Å². The normalized spacial score (nSPS) is 11.6. The zero-order chi connectivity index (χ0) is 25.8. The second-order valence-corrected chi connectivity index (χ2v) is 11.4. The number of halogens is 3. The van der Waals surface area contributed by atoms with Gasteiger partial charge in [0.2, 0.25) is 15.9 Å². The minimum atomic E-state index is -4.14. The Balaban J connectivity index is 1.99. The first kappa shape index (κ1) is 27.3. The maximum absolute atomic E-state index is 14.6. The fraction of sp³-hybridized carbons (Fsp3) is 0.269. The molecule has 3 aromatic carbocycles. The molecule has 0 aliphatic heterocycles. The summed E-state index contributed by atoms with van der Waals surface area (Å²) in [4.78, 5) is 13.2. The summed E-state index contributed by atoms with van der Waals surface area (Å²) in [5.74, 6) is -1.17. The van der Waals surface area contributed by atoms with Crippen molar-refractivity contribution < 1.29 is 17.6 Å². The van der Waals surface area contributed by atoms with Crippen LogP contribution in [0.15, 0.2) is 64.0 Å². The Morgan fingerprint density at radius 2 is 1.66 bits per heavy atom. The van der Waals surface area contributed by atoms with Crippen LogP contribution in [0.2, 0.25) is 5.02 Å². The summed E-state index contributed by atoms with van der Waals surface area (Å²) < 4.78 is 43.5. The van der Waals surface area contributed by atoms with Crippen LogP contribution >= 0.6 is 27.5 Å². The van der Waals surface area contributed by atoms with E-state index in [1.165, 1.54) is 30.3 Å². The molecule has 0 unspecified atom stereocenters. The molecule has 0 atom stereocenters. The molecule has 0 aromatic heterocycles. The number of hydrogen-bond acceptors (Lipinski definition) is 3. The maximum atomic E-state index is 14.6. The monoisotopic (exact) mass is 580 g/mol. The van der Waals surface area contributed by atoms with Crippen LogP contribution in [0.25, 0.3) is 0 Å². The molecule has 0 saturated heterocycles. The summed E-state index contributed by atoms with van der Waals surface area (Å²) in [6.07, 6.45) is 1.36. The van der Waals surface area contributed by atoms with E-state index in [4.69, 9.17) is 11.6 Å². The minimum absolute atomic E-state index is 0.00443. The fourth-order valence-corrected chi connectivity index (χ4v) is 5.87. The minimum Gasteiger partial charge on any atom is -0.324 e. The lowest BCUT2D eigenvalue weighted by Gasteiger charge is -2.23. The van der Waals surface area contributed by atoms with Gasteiger partial charge in [0.25, 0.3) is 0 Å². The summed E-state index contributed by atoms with van der Waals surface area (Å²) in [5.41, 5.74) is 3.41. The van der Waals surface area contributed by atoms with Gasteiger partial charge in [0, 0.05) is 27.3 Å². The number of aryl methyl sites for hydroxylation is 3. The number of hydrogen-bond donors (Lipinski definition) is 1. The van der Waals surface area contributed by atoms with E-state index in [1.54, 1.807) is 12.1 Å². The standard InChI is InChI=1S/C26H27BrClFN2O3S/c1-4-18-13-20(27)14-19(5-2)26(18)30-25(32)16-31(15-22-23(28)7-6-8-24(22)29)35(33,34)21-11-9-17(3)10-12-21/h6-14H,4-5,15-16H2,1-3H3,(H,30,32). The van der Waals surface area contributed by atoms with Gasteiger partial charge < -0.3 is 5.32 Å². The van der Waals surface area contributed by atoms with Gasteiger partial charge in [0.05, 0.1) is 11.4 Å². The first-order valence-corrected chi connectivity index (χ1v) is 13.8. The average Bonchev–Trinajstić information content (AvgIpc) is 2.81. The van der Waals surface area contributed by atoms with Crippen molar-refractivity contribution in [3.8, 4) is 0 Å². The molecule has 0 spiro atoms. The second kappa shape index (κ2) is 11.6. The molecule has 3 aromatic rings. The Labute approximate surface area is 219 Å². The van der Waals surface area contributed by atoms with Gasteiger partial charge >= 0.3 is 0 Å². The van der Waals surface area contributed by atoms with Gasteiger partial charge in [-0.3, -0.25) is 4.79 Å². The summed E-state index contributed by atoms with van der Waals surface area (Å²) in [5, 5.41) is 2.98. The number of amides is 1. The smallest absolute Gasteiger partial charge is 0.243 e. The molecule has 5 nitrogen and oxygen atoms in total. The Bertz CT molecular complexity index is 1290. The Morgan fingerprint density at radius 3 is 2.20 bits per heavy atom. The molecular weight excluding hydrogens is 555 g/mol. The van der Waals surface area contributed by atoms with E-state index in [0.717, 1.165) is 25.5 Å². The van der Waals surface area contributed by atoms with Crippen molar-refractivity contribution in [2.24, 2.45) is 0 Å². The lowest BCUT2D eigenvalue weighted by molar-refractivity contribution is -0.116. The number of nitrogens with one attached hydrogen (secondary N) is 1.